The van der Waals surface area contributed by atoms with Crippen LogP contribution in [0.3, 0.4) is 0 Å². The Balaban J connectivity index is 2.52. The molecule has 5 heteroatoms. The zero-order chi connectivity index (χ0) is 12.6. The standard InChI is InChI=1S/C12H17N3O2/c1-8-12(16)15(7-17-3)11-6-9(13)4-5-10(11)14(8)2/h4-6,8H,7,13H2,1-3H3. The molecule has 17 heavy (non-hydrogen) atoms. The number of carbonyl (C=O) groups excluding carboxylic acids is 1. The second-order valence-electron chi connectivity index (χ2n) is 4.22. The van der Waals surface area contributed by atoms with Crippen molar-refractivity contribution < 1.29 is 9.53 Å². The average Bonchev–Trinajstić information content (AvgIpc) is 2.32. The summed E-state index contributed by atoms with van der Waals surface area (Å²) < 4.78 is 5.08. The molecule has 1 aromatic carbocycles. The summed E-state index contributed by atoms with van der Waals surface area (Å²) in [7, 11) is 3.48. The third-order valence-corrected chi connectivity index (χ3v) is 3.13. The molecule has 1 atom stereocenters. The maximum absolute atomic E-state index is 12.2. The number of nitrogens with two attached hydrogens (primary N) is 1. The molecule has 1 amide bonds. The molecule has 92 valence electrons. The highest BCUT2D eigenvalue weighted by molar-refractivity contribution is 6.05. The van der Waals surface area contributed by atoms with E-state index in [1.54, 1.807) is 18.1 Å². The largest absolute Gasteiger partial charge is 0.399 e. The van der Waals surface area contributed by atoms with E-state index in [4.69, 9.17) is 10.5 Å². The van der Waals surface area contributed by atoms with Crippen molar-refractivity contribution in [2.24, 2.45) is 0 Å². The maximum atomic E-state index is 12.2. The van der Waals surface area contributed by atoms with E-state index in [9.17, 15) is 4.79 Å². The van der Waals surface area contributed by atoms with Gasteiger partial charge in [0.2, 0.25) is 0 Å². The minimum Gasteiger partial charge on any atom is -0.399 e. The lowest BCUT2D eigenvalue weighted by Crippen LogP contribution is -2.51. The van der Waals surface area contributed by atoms with Gasteiger partial charge in [-0.05, 0) is 25.1 Å². The molecular formula is C12H17N3O2. The second-order valence-corrected chi connectivity index (χ2v) is 4.22. The van der Waals surface area contributed by atoms with E-state index in [0.29, 0.717) is 5.69 Å². The fourth-order valence-electron chi connectivity index (χ4n) is 2.04. The van der Waals surface area contributed by atoms with E-state index >= 15 is 0 Å². The number of ether oxygens (including phenoxy) is 1. The molecule has 1 heterocycles. The molecule has 2 rings (SSSR count). The summed E-state index contributed by atoms with van der Waals surface area (Å²) >= 11 is 0. The Kier molecular flexibility index (Phi) is 2.93. The smallest absolute Gasteiger partial charge is 0.251 e. The van der Waals surface area contributed by atoms with Gasteiger partial charge in [-0.2, -0.15) is 0 Å². The van der Waals surface area contributed by atoms with Gasteiger partial charge in [0.05, 0.1) is 11.4 Å². The molecule has 0 saturated heterocycles. The van der Waals surface area contributed by atoms with Gasteiger partial charge in [0.25, 0.3) is 5.91 Å². The first-order valence-corrected chi connectivity index (χ1v) is 5.49. The highest BCUT2D eigenvalue weighted by atomic mass is 16.5. The fraction of sp³-hybridized carbons (Fsp3) is 0.417. The fourth-order valence-corrected chi connectivity index (χ4v) is 2.04. The molecule has 5 nitrogen and oxygen atoms in total. The van der Waals surface area contributed by atoms with E-state index in [2.05, 4.69) is 0 Å². The number of carbonyl (C=O) groups is 1. The number of hydrogen-bond donors (Lipinski definition) is 1. The summed E-state index contributed by atoms with van der Waals surface area (Å²) in [4.78, 5) is 15.7. The molecule has 0 saturated carbocycles. The lowest BCUT2D eigenvalue weighted by atomic mass is 10.1. The predicted octanol–water partition coefficient (Wildman–Crippen LogP) is 1.04. The summed E-state index contributed by atoms with van der Waals surface area (Å²) in [6.07, 6.45) is 0. The number of nitrogens with zero attached hydrogens (tertiary/aromatic N) is 2. The number of rotatable bonds is 2. The number of fused-ring (bicyclic) bond motifs is 1. The Bertz CT molecular complexity index is 447. The molecule has 0 spiro atoms. The minimum absolute atomic E-state index is 0.0208. The Morgan fingerprint density at radius 1 is 1.41 bits per heavy atom. The van der Waals surface area contributed by atoms with Crippen molar-refractivity contribution in [1.82, 2.24) is 0 Å². The zero-order valence-electron chi connectivity index (χ0n) is 10.3. The Labute approximate surface area is 101 Å². The van der Waals surface area contributed by atoms with Crippen LogP contribution in [0.25, 0.3) is 0 Å². The topological polar surface area (TPSA) is 58.8 Å². The Morgan fingerprint density at radius 3 is 2.76 bits per heavy atom. The lowest BCUT2D eigenvalue weighted by molar-refractivity contribution is -0.120. The molecular weight excluding hydrogens is 218 g/mol. The molecule has 0 aromatic heterocycles. The molecule has 0 aliphatic carbocycles. The molecule has 1 aliphatic rings. The monoisotopic (exact) mass is 235 g/mol. The van der Waals surface area contributed by atoms with Crippen molar-refractivity contribution >= 4 is 23.0 Å². The van der Waals surface area contributed by atoms with Crippen LogP contribution in [-0.4, -0.2) is 32.8 Å². The number of amides is 1. The van der Waals surface area contributed by atoms with Gasteiger partial charge in [0, 0.05) is 19.8 Å². The summed E-state index contributed by atoms with van der Waals surface area (Å²) in [5.74, 6) is 0.0208. The van der Waals surface area contributed by atoms with Gasteiger partial charge in [-0.25, -0.2) is 0 Å². The molecule has 0 fully saturated rings. The van der Waals surface area contributed by atoms with Gasteiger partial charge < -0.3 is 15.4 Å². The predicted molar refractivity (Wildman–Crippen MR) is 68.1 cm³/mol. The highest BCUT2D eigenvalue weighted by Gasteiger charge is 2.33. The molecule has 2 N–H and O–H groups in total. The van der Waals surface area contributed by atoms with Crippen LogP contribution < -0.4 is 15.5 Å². The van der Waals surface area contributed by atoms with Gasteiger partial charge in [-0.15, -0.1) is 0 Å². The van der Waals surface area contributed by atoms with Crippen LogP contribution in [-0.2, 0) is 9.53 Å². The second kappa shape index (κ2) is 4.25. The summed E-state index contributed by atoms with van der Waals surface area (Å²) in [6.45, 7) is 2.12. The first kappa shape index (κ1) is 11.7. The maximum Gasteiger partial charge on any atom is 0.251 e. The van der Waals surface area contributed by atoms with Gasteiger partial charge >= 0.3 is 0 Å². The van der Waals surface area contributed by atoms with Crippen molar-refractivity contribution in [2.75, 3.05) is 36.4 Å². The minimum atomic E-state index is -0.193. The highest BCUT2D eigenvalue weighted by Crippen LogP contribution is 2.36. The van der Waals surface area contributed by atoms with Crippen molar-refractivity contribution in [3.8, 4) is 0 Å². The van der Waals surface area contributed by atoms with E-state index < -0.39 is 0 Å². The number of benzene rings is 1. The molecule has 0 radical (unpaired) electrons. The summed E-state index contributed by atoms with van der Waals surface area (Å²) in [5.41, 5.74) is 8.20. The van der Waals surface area contributed by atoms with Gasteiger partial charge in [0.15, 0.2) is 0 Å². The number of anilines is 3. The van der Waals surface area contributed by atoms with Crippen LogP contribution in [0.5, 0.6) is 0 Å². The van der Waals surface area contributed by atoms with Crippen molar-refractivity contribution in [2.45, 2.75) is 13.0 Å². The third kappa shape index (κ3) is 1.82. The van der Waals surface area contributed by atoms with E-state index in [0.717, 1.165) is 11.4 Å². The number of nitrogen functional groups attached to an aromatic ring is 1. The lowest BCUT2D eigenvalue weighted by Gasteiger charge is -2.39. The van der Waals surface area contributed by atoms with Crippen LogP contribution in [0, 0.1) is 0 Å². The quantitative estimate of drug-likeness (QED) is 0.778. The number of methoxy groups -OCH3 is 1. The van der Waals surface area contributed by atoms with Crippen molar-refractivity contribution in [1.29, 1.82) is 0 Å². The SMILES string of the molecule is COCN1C(=O)C(C)N(C)c2ccc(N)cc21. The summed E-state index contributed by atoms with van der Waals surface area (Å²) in [5, 5.41) is 0. The van der Waals surface area contributed by atoms with Crippen LogP contribution in [0.2, 0.25) is 0 Å². The summed E-state index contributed by atoms with van der Waals surface area (Å²) in [6, 6.07) is 5.37. The van der Waals surface area contributed by atoms with Crippen LogP contribution >= 0.6 is 0 Å². The average molecular weight is 235 g/mol. The first-order valence-electron chi connectivity index (χ1n) is 5.49. The Hall–Kier alpha value is -1.75. The normalized spacial score (nSPS) is 19.5. The number of hydrogen-bond acceptors (Lipinski definition) is 4. The third-order valence-electron chi connectivity index (χ3n) is 3.13. The van der Waals surface area contributed by atoms with Crippen molar-refractivity contribution in [3.05, 3.63) is 18.2 Å². The number of likely N-dealkylation sites (N-methyl/N-ethyl adjacent to an activating group) is 1. The molecule has 1 unspecified atom stereocenters. The van der Waals surface area contributed by atoms with Gasteiger partial charge in [-0.3, -0.25) is 9.69 Å². The van der Waals surface area contributed by atoms with Crippen LogP contribution in [0.4, 0.5) is 17.1 Å². The van der Waals surface area contributed by atoms with Crippen LogP contribution in [0.1, 0.15) is 6.92 Å². The van der Waals surface area contributed by atoms with E-state index in [1.165, 1.54) is 0 Å². The Morgan fingerprint density at radius 2 is 2.12 bits per heavy atom. The molecule has 1 aromatic rings. The van der Waals surface area contributed by atoms with Crippen molar-refractivity contribution in [3.63, 3.8) is 0 Å². The van der Waals surface area contributed by atoms with E-state index in [-0.39, 0.29) is 18.7 Å². The molecule has 1 aliphatic heterocycles. The zero-order valence-corrected chi connectivity index (χ0v) is 10.3. The van der Waals surface area contributed by atoms with Gasteiger partial charge in [0.1, 0.15) is 12.8 Å². The van der Waals surface area contributed by atoms with E-state index in [1.807, 2.05) is 31.0 Å². The van der Waals surface area contributed by atoms with Gasteiger partial charge in [-0.1, -0.05) is 0 Å². The molecule has 0 bridgehead atoms. The first-order chi connectivity index (χ1) is 8.06. The van der Waals surface area contributed by atoms with Crippen LogP contribution in [0.15, 0.2) is 18.2 Å².